The van der Waals surface area contributed by atoms with E-state index in [-0.39, 0.29) is 41.8 Å². The first kappa shape index (κ1) is 35.1. The summed E-state index contributed by atoms with van der Waals surface area (Å²) in [6, 6.07) is 0. The second-order valence-corrected chi connectivity index (χ2v) is 13.4. The van der Waals surface area contributed by atoms with Gasteiger partial charge in [-0.05, 0) is 11.8 Å². The maximum absolute atomic E-state index is 15.4. The first-order chi connectivity index (χ1) is 22.3. The lowest BCUT2D eigenvalue weighted by molar-refractivity contribution is -0.0908. The number of rotatable bonds is 8. The first-order valence-corrected chi connectivity index (χ1v) is 17.6. The van der Waals surface area contributed by atoms with Crippen molar-refractivity contribution < 1.29 is 47.7 Å². The molecule has 0 aromatic carbocycles. The molecule has 6 rings (SSSR count). The van der Waals surface area contributed by atoms with E-state index in [1.165, 1.54) is 17.2 Å². The number of fused-ring (bicyclic) bond motifs is 2. The number of alkyl halides is 1. The van der Waals surface area contributed by atoms with Crippen LogP contribution >= 0.6 is 26.6 Å². The molecular weight excluding hydrogens is 709 g/mol. The van der Waals surface area contributed by atoms with Crippen LogP contribution in [0.4, 0.5) is 16.2 Å². The monoisotopic (exact) mass is 734 g/mol. The van der Waals surface area contributed by atoms with E-state index in [0.29, 0.717) is 0 Å². The third-order valence-corrected chi connectivity index (χ3v) is 8.74. The Kier molecular flexibility index (Phi) is 10.2. The molecule has 0 bridgehead atoms. The van der Waals surface area contributed by atoms with Crippen LogP contribution in [0.15, 0.2) is 23.8 Å². The molecule has 9 N–H and O–H groups in total. The SMILES string of the molecule is C#C[C@]1(COP(O)(=S)O[C@@H]2[C@@H](F)[C@@H](CO)O[C@H]2n2cnc3c(=O)[nH]c(N)nc32)O[C@@H](n2cnc3c(N)ncnc32)[C@H](O)[C@@H]1O.O=PS. The highest BCUT2D eigenvalue weighted by Crippen LogP contribution is 2.52. The van der Waals surface area contributed by atoms with Gasteiger partial charge in [-0.3, -0.25) is 28.0 Å². The van der Waals surface area contributed by atoms with Crippen LogP contribution in [-0.2, 0) is 34.9 Å². The molecule has 0 saturated carbocycles. The van der Waals surface area contributed by atoms with Crippen LogP contribution < -0.4 is 17.0 Å². The summed E-state index contributed by atoms with van der Waals surface area (Å²) in [7, 11) is -0.139. The number of ether oxygens (including phenoxy) is 2. The zero-order valence-corrected chi connectivity index (χ0v) is 26.9. The van der Waals surface area contributed by atoms with E-state index in [0.717, 1.165) is 10.9 Å². The summed E-state index contributed by atoms with van der Waals surface area (Å²) < 4.78 is 49.0. The Morgan fingerprint density at radius 3 is 2.53 bits per heavy atom. The molecule has 9 atom stereocenters. The molecule has 0 aliphatic carbocycles. The number of H-pyrrole nitrogens is 1. The van der Waals surface area contributed by atoms with E-state index in [9.17, 15) is 25.0 Å². The molecule has 0 spiro atoms. The molecule has 2 aliphatic rings. The molecule has 1 unspecified atom stereocenters. The van der Waals surface area contributed by atoms with Crippen LogP contribution in [0, 0.1) is 12.3 Å². The number of halogens is 1. The van der Waals surface area contributed by atoms with Gasteiger partial charge in [-0.25, -0.2) is 24.3 Å². The maximum atomic E-state index is 15.4. The van der Waals surface area contributed by atoms with Crippen molar-refractivity contribution in [3.63, 3.8) is 0 Å². The quantitative estimate of drug-likeness (QED) is 0.0594. The van der Waals surface area contributed by atoms with Gasteiger partial charge >= 0.3 is 6.72 Å². The number of nitrogen functional groups attached to an aromatic ring is 2. The summed E-state index contributed by atoms with van der Waals surface area (Å²) in [6.07, 6.45) is -2.24. The maximum Gasteiger partial charge on any atom is 0.325 e. The van der Waals surface area contributed by atoms with Gasteiger partial charge in [0.05, 0.1) is 25.9 Å². The Morgan fingerprint density at radius 2 is 1.87 bits per heavy atom. The van der Waals surface area contributed by atoms with Gasteiger partial charge in [-0.15, -0.1) is 6.42 Å². The average Bonchev–Trinajstić information content (AvgIpc) is 3.78. The predicted molar refractivity (Wildman–Crippen MR) is 166 cm³/mol. The molecule has 2 fully saturated rings. The Hall–Kier alpha value is -3.23. The van der Waals surface area contributed by atoms with Crippen LogP contribution in [0.25, 0.3) is 22.3 Å². The fraction of sp³-hybridized carbons (Fsp3) is 0.455. The van der Waals surface area contributed by atoms with Crippen LogP contribution in [0.2, 0.25) is 0 Å². The van der Waals surface area contributed by atoms with Crippen molar-refractivity contribution >= 4 is 72.5 Å². The fourth-order valence-corrected chi connectivity index (χ4v) is 6.41. The number of aromatic nitrogens is 8. The second-order valence-electron chi connectivity index (χ2n) is 9.92. The number of hydrogen-bond donors (Lipinski definition) is 8. The highest BCUT2D eigenvalue weighted by molar-refractivity contribution is 8.33. The molecule has 0 radical (unpaired) electrons. The molecule has 2 saturated heterocycles. The normalized spacial score (nSPS) is 30.3. The second kappa shape index (κ2) is 13.7. The standard InChI is InChI=1S/C22H24FN10O9PS.HOPS/c1-2-22(14(36)12(35)19(41-22)32-6-28-10-15(24)26-5-27-16(10)32)4-39-43(38,44)42-13-9(23)8(3-34)40-20(13)33-7-29-11-17(33)30-21(25)31-18(11)37;1-2-3/h1,5-9,12-14,19-20,34-36H,3-4H2,(H,38,44)(H2,24,26,27)(H3,25,30,31,37);(H,1,3)/t8-,9+,12-,13-,14+,19-,20-,22-,43?;/m1./s1. The smallest absolute Gasteiger partial charge is 0.325 e. The molecule has 47 heavy (non-hydrogen) atoms. The van der Waals surface area contributed by atoms with Crippen molar-refractivity contribution in [2.75, 3.05) is 24.7 Å². The molecule has 20 nitrogen and oxygen atoms in total. The van der Waals surface area contributed by atoms with Gasteiger partial charge in [-0.2, -0.15) is 4.98 Å². The van der Waals surface area contributed by atoms with Crippen molar-refractivity contribution in [1.29, 1.82) is 0 Å². The van der Waals surface area contributed by atoms with Crippen molar-refractivity contribution in [3.8, 4) is 12.3 Å². The van der Waals surface area contributed by atoms with Crippen molar-refractivity contribution in [2.24, 2.45) is 0 Å². The number of terminal acetylenes is 1. The average molecular weight is 735 g/mol. The Bertz CT molecular complexity index is 1950. The van der Waals surface area contributed by atoms with Crippen molar-refractivity contribution in [1.82, 2.24) is 39.0 Å². The number of nitrogens with two attached hydrogens (primary N) is 2. The summed E-state index contributed by atoms with van der Waals surface area (Å²) in [4.78, 5) is 45.4. The number of thiol groups is 1. The minimum Gasteiger partial charge on any atom is -0.394 e. The molecule has 0 amide bonds. The van der Waals surface area contributed by atoms with Gasteiger partial charge in [-0.1, -0.05) is 18.2 Å². The zero-order valence-electron chi connectivity index (χ0n) is 23.4. The number of imidazole rings is 2. The largest absolute Gasteiger partial charge is 0.394 e. The third-order valence-electron chi connectivity index (χ3n) is 7.20. The summed E-state index contributed by atoms with van der Waals surface area (Å²) in [5.41, 5.74) is 8.81. The van der Waals surface area contributed by atoms with Crippen molar-refractivity contribution in [3.05, 3.63) is 29.3 Å². The molecule has 4 aromatic heterocycles. The summed E-state index contributed by atoms with van der Waals surface area (Å²) in [6.45, 7) is -6.06. The highest BCUT2D eigenvalue weighted by Gasteiger charge is 2.56. The summed E-state index contributed by atoms with van der Waals surface area (Å²) >= 11 is 8.33. The van der Waals surface area contributed by atoms with Gasteiger partial charge in [0.2, 0.25) is 13.6 Å². The number of aliphatic hydroxyl groups excluding tert-OH is 3. The molecule has 6 heterocycles. The number of nitrogens with zero attached hydrogens (tertiary/aromatic N) is 7. The van der Waals surface area contributed by atoms with E-state index < -0.39 is 74.1 Å². The van der Waals surface area contributed by atoms with Gasteiger partial charge in [0.15, 0.2) is 46.9 Å². The van der Waals surface area contributed by atoms with E-state index in [4.69, 9.17) is 52.8 Å². The lowest BCUT2D eigenvalue weighted by Gasteiger charge is -2.30. The summed E-state index contributed by atoms with van der Waals surface area (Å²) in [5, 5.41) is 31.4. The van der Waals surface area contributed by atoms with Gasteiger partial charge in [0, 0.05) is 0 Å². The number of nitrogens with one attached hydrogen (secondary N) is 1. The van der Waals surface area contributed by atoms with Gasteiger partial charge in [0.25, 0.3) is 5.56 Å². The topological polar surface area (TPSA) is 294 Å². The first-order valence-electron chi connectivity index (χ1n) is 13.0. The minimum absolute atomic E-state index is 0.0602. The van der Waals surface area contributed by atoms with E-state index in [1.807, 2.05) is 0 Å². The molecule has 4 aromatic rings. The van der Waals surface area contributed by atoms with E-state index >= 15 is 4.39 Å². The van der Waals surface area contributed by atoms with Gasteiger partial charge in [0.1, 0.15) is 36.3 Å². The number of anilines is 2. The molecule has 25 heteroatoms. The van der Waals surface area contributed by atoms with E-state index in [2.05, 4.69) is 48.1 Å². The van der Waals surface area contributed by atoms with Crippen molar-refractivity contribution in [2.45, 2.75) is 48.6 Å². The van der Waals surface area contributed by atoms with Crippen LogP contribution in [0.5, 0.6) is 0 Å². The minimum atomic E-state index is -4.45. The Labute approximate surface area is 273 Å². The number of aromatic amines is 1. The van der Waals surface area contributed by atoms with Gasteiger partial charge < -0.3 is 45.7 Å². The van der Waals surface area contributed by atoms with E-state index in [1.54, 1.807) is 0 Å². The lowest BCUT2D eigenvalue weighted by Crippen LogP contribution is -2.45. The number of aliphatic hydroxyl groups is 3. The number of hydrogen-bond acceptors (Lipinski definition) is 17. The zero-order chi connectivity index (χ0) is 34.3. The van der Waals surface area contributed by atoms with Crippen LogP contribution in [0.3, 0.4) is 0 Å². The summed E-state index contributed by atoms with van der Waals surface area (Å²) in [5.74, 6) is 2.02. The Balaban J connectivity index is 0.00000139. The van der Waals surface area contributed by atoms with Crippen LogP contribution in [0.1, 0.15) is 12.5 Å². The highest BCUT2D eigenvalue weighted by atomic mass is 32.7. The lowest BCUT2D eigenvalue weighted by atomic mass is 9.97. The molecule has 252 valence electrons. The molecular formula is C22H25FN10O10P2S2. The molecule has 2 aliphatic heterocycles. The Morgan fingerprint density at radius 1 is 1.21 bits per heavy atom. The third kappa shape index (κ3) is 6.48. The predicted octanol–water partition coefficient (Wildman–Crippen LogP) is -1.28. The fourth-order valence-electron chi connectivity index (χ4n) is 5.01. The van der Waals surface area contributed by atoms with Crippen LogP contribution in [-0.4, -0.2) is 109 Å².